The smallest absolute Gasteiger partial charge is 0.115 e. The van der Waals surface area contributed by atoms with Crippen LogP contribution in [0.4, 0.5) is 4.39 Å². The maximum atomic E-state index is 12.4. The maximum Gasteiger partial charge on any atom is 0.115 e. The normalized spacial score (nSPS) is 16.4. The Hall–Kier alpha value is -0.890. The number of nitrogens with one attached hydrogen (secondary N) is 1. The number of halogens is 1. The number of benzene rings is 1. The van der Waals surface area contributed by atoms with E-state index in [0.717, 1.165) is 25.1 Å². The lowest BCUT2D eigenvalue weighted by molar-refractivity contribution is 0.485. The van der Waals surface area contributed by atoms with Crippen LogP contribution in [0, 0.1) is 0 Å². The number of aryl methyl sites for hydroxylation is 1. The van der Waals surface area contributed by atoms with Crippen molar-refractivity contribution in [2.24, 2.45) is 0 Å². The highest BCUT2D eigenvalue weighted by atomic mass is 19.1. The van der Waals surface area contributed by atoms with E-state index in [-0.39, 0.29) is 6.67 Å². The van der Waals surface area contributed by atoms with Gasteiger partial charge in [-0.05, 0) is 36.1 Å². The summed E-state index contributed by atoms with van der Waals surface area (Å²) in [5.41, 5.74) is 3.44. The van der Waals surface area contributed by atoms with Crippen molar-refractivity contribution >= 4 is 0 Å². The molecule has 0 aromatic heterocycles. The molecule has 0 radical (unpaired) electrons. The first-order chi connectivity index (χ1) is 6.40. The van der Waals surface area contributed by atoms with Crippen LogP contribution in [-0.4, -0.2) is 6.54 Å². The molecule has 1 aromatic carbocycles. The summed E-state index contributed by atoms with van der Waals surface area (Å²) in [4.78, 5) is 0. The summed E-state index contributed by atoms with van der Waals surface area (Å²) in [6.07, 6.45) is 2.30. The lowest BCUT2D eigenvalue weighted by atomic mass is 10.0. The molecule has 0 saturated heterocycles. The van der Waals surface area contributed by atoms with Crippen LogP contribution in [0.2, 0.25) is 0 Å². The lowest BCUT2D eigenvalue weighted by Crippen LogP contribution is -2.12. The summed E-state index contributed by atoms with van der Waals surface area (Å²) in [5, 5.41) is 3.33. The van der Waals surface area contributed by atoms with Gasteiger partial charge >= 0.3 is 0 Å². The molecular weight excluding hydrogens is 165 g/mol. The fraction of sp³-hybridized carbons (Fsp3) is 0.455. The van der Waals surface area contributed by atoms with E-state index in [0.29, 0.717) is 0 Å². The molecule has 2 heteroatoms. The molecule has 1 heterocycles. The Kier molecular flexibility index (Phi) is 2.60. The first-order valence-corrected chi connectivity index (χ1v) is 4.77. The molecule has 1 N–H and O–H groups in total. The Morgan fingerprint density at radius 1 is 1.31 bits per heavy atom. The van der Waals surface area contributed by atoms with Gasteiger partial charge in [0.2, 0.25) is 0 Å². The van der Waals surface area contributed by atoms with E-state index < -0.39 is 0 Å². The van der Waals surface area contributed by atoms with E-state index in [4.69, 9.17) is 0 Å². The van der Waals surface area contributed by atoms with Crippen molar-refractivity contribution in [3.05, 3.63) is 34.9 Å². The highest BCUT2D eigenvalue weighted by molar-refractivity contribution is 5.32. The molecule has 0 unspecified atom stereocenters. The zero-order valence-corrected chi connectivity index (χ0v) is 7.65. The fourth-order valence-corrected chi connectivity index (χ4v) is 1.80. The third-order valence-corrected chi connectivity index (χ3v) is 2.54. The van der Waals surface area contributed by atoms with Gasteiger partial charge in [-0.2, -0.15) is 0 Å². The van der Waals surface area contributed by atoms with Crippen molar-refractivity contribution in [1.29, 1.82) is 0 Å². The third-order valence-electron chi connectivity index (χ3n) is 2.54. The zero-order valence-electron chi connectivity index (χ0n) is 7.65. The van der Waals surface area contributed by atoms with Gasteiger partial charge in [-0.3, -0.25) is 0 Å². The number of hydrogen-bond acceptors (Lipinski definition) is 1. The van der Waals surface area contributed by atoms with Gasteiger partial charge in [0.25, 0.3) is 0 Å². The van der Waals surface area contributed by atoms with Crippen LogP contribution in [0.25, 0.3) is 0 Å². The van der Waals surface area contributed by atoms with E-state index in [1.807, 2.05) is 12.1 Å². The third kappa shape index (κ3) is 1.89. The molecule has 0 atom stereocenters. The number of rotatable bonds is 1. The van der Waals surface area contributed by atoms with E-state index in [1.165, 1.54) is 17.5 Å². The van der Waals surface area contributed by atoms with Gasteiger partial charge in [0.15, 0.2) is 0 Å². The largest absolute Gasteiger partial charge is 0.313 e. The summed E-state index contributed by atoms with van der Waals surface area (Å²) in [7, 11) is 0. The molecule has 1 aromatic rings. The Morgan fingerprint density at radius 3 is 3.08 bits per heavy atom. The molecule has 0 fully saturated rings. The molecule has 1 aliphatic heterocycles. The highest BCUT2D eigenvalue weighted by Crippen LogP contribution is 2.16. The summed E-state index contributed by atoms with van der Waals surface area (Å²) in [6.45, 7) is 1.61. The SMILES string of the molecule is FCc1ccc2c(c1)CNCCC2. The topological polar surface area (TPSA) is 12.0 Å². The van der Waals surface area contributed by atoms with Gasteiger partial charge in [-0.25, -0.2) is 4.39 Å². The Labute approximate surface area is 78.0 Å². The predicted molar refractivity (Wildman–Crippen MR) is 51.3 cm³/mol. The van der Waals surface area contributed by atoms with Gasteiger partial charge in [-0.1, -0.05) is 18.2 Å². The molecule has 1 aliphatic rings. The molecule has 0 spiro atoms. The minimum absolute atomic E-state index is 0.354. The molecule has 1 nitrogen and oxygen atoms in total. The second kappa shape index (κ2) is 3.88. The summed E-state index contributed by atoms with van der Waals surface area (Å²) in [6, 6.07) is 5.94. The standard InChI is InChI=1S/C11H14FN/c12-7-9-3-4-10-2-1-5-13-8-11(10)6-9/h3-4,6,13H,1-2,5,7-8H2. The zero-order chi connectivity index (χ0) is 9.10. The number of alkyl halides is 1. The van der Waals surface area contributed by atoms with Gasteiger partial charge in [0, 0.05) is 6.54 Å². The summed E-state index contributed by atoms with van der Waals surface area (Å²) >= 11 is 0. The Morgan fingerprint density at radius 2 is 2.23 bits per heavy atom. The molecule has 0 aliphatic carbocycles. The van der Waals surface area contributed by atoms with Gasteiger partial charge in [0.1, 0.15) is 6.67 Å². The van der Waals surface area contributed by atoms with E-state index in [2.05, 4.69) is 11.4 Å². The summed E-state index contributed by atoms with van der Waals surface area (Å²) < 4.78 is 12.4. The first-order valence-electron chi connectivity index (χ1n) is 4.77. The second-order valence-electron chi connectivity index (χ2n) is 3.52. The average Bonchev–Trinajstić information content (AvgIpc) is 2.41. The molecule has 0 amide bonds. The Balaban J connectivity index is 2.32. The molecule has 2 rings (SSSR count). The quantitative estimate of drug-likeness (QED) is 0.696. The van der Waals surface area contributed by atoms with Crippen LogP contribution < -0.4 is 5.32 Å². The average molecular weight is 179 g/mol. The van der Waals surface area contributed by atoms with Crippen LogP contribution in [0.5, 0.6) is 0 Å². The van der Waals surface area contributed by atoms with E-state index >= 15 is 0 Å². The number of hydrogen-bond donors (Lipinski definition) is 1. The van der Waals surface area contributed by atoms with Crippen LogP contribution in [0.3, 0.4) is 0 Å². The van der Waals surface area contributed by atoms with Crippen molar-refractivity contribution in [3.63, 3.8) is 0 Å². The van der Waals surface area contributed by atoms with Gasteiger partial charge in [0.05, 0.1) is 0 Å². The molecule has 0 saturated carbocycles. The van der Waals surface area contributed by atoms with Crippen molar-refractivity contribution in [1.82, 2.24) is 5.32 Å². The van der Waals surface area contributed by atoms with E-state index in [9.17, 15) is 4.39 Å². The van der Waals surface area contributed by atoms with Crippen LogP contribution in [0.15, 0.2) is 18.2 Å². The fourth-order valence-electron chi connectivity index (χ4n) is 1.80. The number of fused-ring (bicyclic) bond motifs is 1. The van der Waals surface area contributed by atoms with Crippen molar-refractivity contribution < 1.29 is 4.39 Å². The molecular formula is C11H14FN. The van der Waals surface area contributed by atoms with Crippen LogP contribution >= 0.6 is 0 Å². The molecule has 13 heavy (non-hydrogen) atoms. The van der Waals surface area contributed by atoms with Crippen molar-refractivity contribution in [3.8, 4) is 0 Å². The van der Waals surface area contributed by atoms with Crippen molar-refractivity contribution in [2.75, 3.05) is 6.54 Å². The molecule has 70 valence electrons. The maximum absolute atomic E-state index is 12.4. The minimum atomic E-state index is -0.354. The second-order valence-corrected chi connectivity index (χ2v) is 3.52. The van der Waals surface area contributed by atoms with Gasteiger partial charge in [-0.15, -0.1) is 0 Å². The first kappa shape index (κ1) is 8.70. The van der Waals surface area contributed by atoms with Crippen molar-refractivity contribution in [2.45, 2.75) is 26.1 Å². The summed E-state index contributed by atoms with van der Waals surface area (Å²) in [5.74, 6) is 0. The van der Waals surface area contributed by atoms with Gasteiger partial charge < -0.3 is 5.32 Å². The Bertz CT molecular complexity index is 296. The predicted octanol–water partition coefficient (Wildman–Crippen LogP) is 2.19. The van der Waals surface area contributed by atoms with E-state index in [1.54, 1.807) is 0 Å². The molecule has 0 bridgehead atoms. The monoisotopic (exact) mass is 179 g/mol. The van der Waals surface area contributed by atoms with Crippen LogP contribution in [0.1, 0.15) is 23.1 Å². The minimum Gasteiger partial charge on any atom is -0.313 e. The van der Waals surface area contributed by atoms with Crippen LogP contribution in [-0.2, 0) is 19.6 Å². The highest BCUT2D eigenvalue weighted by Gasteiger charge is 2.07. The lowest BCUT2D eigenvalue weighted by Gasteiger charge is -2.06.